The van der Waals surface area contributed by atoms with Gasteiger partial charge in [0.25, 0.3) is 0 Å². The predicted molar refractivity (Wildman–Crippen MR) is 153 cm³/mol. The maximum Gasteiger partial charge on any atom is 0.337 e. The van der Waals surface area contributed by atoms with Crippen molar-refractivity contribution in [2.75, 3.05) is 0 Å². The molecule has 4 nitrogen and oxygen atoms in total. The molecule has 0 heterocycles. The van der Waals surface area contributed by atoms with E-state index in [1.165, 1.54) is 24.3 Å². The standard InChI is InChI=1S/C33H30ClFO4/c1-20-18-23-7-6-21(16-17-33(5,38)24-10-14-26(35)15-11-24)19-27(23)29(22-8-12-25(34)13-9-22)28(20)30(31(36)37)39-32(2,3)4/h6-15,18-19,30,38H,1-5H3,(H,36,37)/t30-,33?/m0/s1. The van der Waals surface area contributed by atoms with E-state index in [0.29, 0.717) is 27.3 Å². The van der Waals surface area contributed by atoms with Crippen LogP contribution in [0.2, 0.25) is 5.02 Å². The Labute approximate surface area is 233 Å². The zero-order valence-electron chi connectivity index (χ0n) is 22.5. The molecule has 0 aromatic heterocycles. The van der Waals surface area contributed by atoms with E-state index >= 15 is 0 Å². The second-order valence-corrected chi connectivity index (χ2v) is 11.1. The number of fused-ring (bicyclic) bond motifs is 1. The van der Waals surface area contributed by atoms with Gasteiger partial charge < -0.3 is 14.9 Å². The third-order valence-corrected chi connectivity index (χ3v) is 6.59. The van der Waals surface area contributed by atoms with E-state index in [4.69, 9.17) is 16.3 Å². The van der Waals surface area contributed by atoms with Crippen molar-refractivity contribution in [1.29, 1.82) is 0 Å². The fraction of sp³-hybridized carbons (Fsp3) is 0.242. The summed E-state index contributed by atoms with van der Waals surface area (Å²) in [5.74, 6) is 4.44. The first-order valence-corrected chi connectivity index (χ1v) is 12.9. The molecule has 1 unspecified atom stereocenters. The van der Waals surface area contributed by atoms with Crippen molar-refractivity contribution in [3.63, 3.8) is 0 Å². The molecule has 0 saturated heterocycles. The maximum absolute atomic E-state index is 13.4. The van der Waals surface area contributed by atoms with Crippen LogP contribution in [0.15, 0.2) is 72.8 Å². The first kappa shape index (κ1) is 28.3. The molecular formula is C33H30ClFO4. The summed E-state index contributed by atoms with van der Waals surface area (Å²) in [6.45, 7) is 8.89. The Morgan fingerprint density at radius 2 is 1.62 bits per heavy atom. The number of halogens is 2. The summed E-state index contributed by atoms with van der Waals surface area (Å²) in [7, 11) is 0. The monoisotopic (exact) mass is 544 g/mol. The molecule has 4 rings (SSSR count). The summed E-state index contributed by atoms with van der Waals surface area (Å²) in [6, 6.07) is 20.4. The SMILES string of the molecule is Cc1cc2ccc(C#CC(C)(O)c3ccc(F)cc3)cc2c(-c2ccc(Cl)cc2)c1[C@H](OC(C)(C)C)C(=O)O. The Bertz CT molecular complexity index is 1590. The third-order valence-electron chi connectivity index (χ3n) is 6.34. The number of carboxylic acid groups (broad SMARTS) is 1. The maximum atomic E-state index is 13.4. The summed E-state index contributed by atoms with van der Waals surface area (Å²) in [5, 5.41) is 23.4. The normalized spacial score (nSPS) is 13.8. The van der Waals surface area contributed by atoms with Crippen molar-refractivity contribution >= 4 is 28.3 Å². The molecule has 200 valence electrons. The topological polar surface area (TPSA) is 66.8 Å². The van der Waals surface area contributed by atoms with Gasteiger partial charge in [-0.25, -0.2) is 9.18 Å². The van der Waals surface area contributed by atoms with Gasteiger partial charge in [0.15, 0.2) is 6.10 Å². The Morgan fingerprint density at radius 3 is 2.21 bits per heavy atom. The van der Waals surface area contributed by atoms with E-state index in [9.17, 15) is 19.4 Å². The van der Waals surface area contributed by atoms with Gasteiger partial charge in [-0.2, -0.15) is 0 Å². The smallest absolute Gasteiger partial charge is 0.337 e. The van der Waals surface area contributed by atoms with Crippen molar-refractivity contribution in [1.82, 2.24) is 0 Å². The highest BCUT2D eigenvalue weighted by Crippen LogP contribution is 2.41. The number of aryl methyl sites for hydroxylation is 1. The molecule has 0 fully saturated rings. The summed E-state index contributed by atoms with van der Waals surface area (Å²) in [6.07, 6.45) is -1.21. The second-order valence-electron chi connectivity index (χ2n) is 10.7. The number of carboxylic acids is 1. The molecule has 0 bridgehead atoms. The van der Waals surface area contributed by atoms with E-state index in [0.717, 1.165) is 21.9 Å². The van der Waals surface area contributed by atoms with Crippen LogP contribution >= 0.6 is 11.6 Å². The highest BCUT2D eigenvalue weighted by Gasteiger charge is 2.31. The molecule has 0 aliphatic carbocycles. The van der Waals surface area contributed by atoms with Gasteiger partial charge in [0.1, 0.15) is 11.4 Å². The number of hydrogen-bond acceptors (Lipinski definition) is 3. The summed E-state index contributed by atoms with van der Waals surface area (Å²) in [4.78, 5) is 12.5. The fourth-order valence-electron chi connectivity index (χ4n) is 4.52. The van der Waals surface area contributed by atoms with Crippen LogP contribution in [-0.2, 0) is 15.1 Å². The number of aliphatic carboxylic acids is 1. The van der Waals surface area contributed by atoms with Gasteiger partial charge in [0.2, 0.25) is 0 Å². The minimum absolute atomic E-state index is 0.395. The highest BCUT2D eigenvalue weighted by molar-refractivity contribution is 6.30. The van der Waals surface area contributed by atoms with Gasteiger partial charge in [-0.1, -0.05) is 59.8 Å². The Balaban J connectivity index is 1.95. The van der Waals surface area contributed by atoms with Crippen LogP contribution in [0.4, 0.5) is 4.39 Å². The van der Waals surface area contributed by atoms with Crippen LogP contribution in [0, 0.1) is 24.6 Å². The fourth-order valence-corrected chi connectivity index (χ4v) is 4.65. The van der Waals surface area contributed by atoms with Gasteiger partial charge in [-0.15, -0.1) is 0 Å². The van der Waals surface area contributed by atoms with Crippen LogP contribution in [0.1, 0.15) is 56.1 Å². The van der Waals surface area contributed by atoms with E-state index < -0.39 is 29.1 Å². The molecule has 0 spiro atoms. The Hall–Kier alpha value is -3.69. The largest absolute Gasteiger partial charge is 0.479 e. The van der Waals surface area contributed by atoms with Gasteiger partial charge in [0, 0.05) is 16.1 Å². The molecular weight excluding hydrogens is 515 g/mol. The first-order chi connectivity index (χ1) is 18.2. The number of carbonyl (C=O) groups is 1. The van der Waals surface area contributed by atoms with Crippen molar-refractivity contribution < 1.29 is 24.1 Å². The third kappa shape index (κ3) is 6.49. The van der Waals surface area contributed by atoms with Crippen LogP contribution in [0.5, 0.6) is 0 Å². The number of rotatable bonds is 5. The molecule has 2 N–H and O–H groups in total. The lowest BCUT2D eigenvalue weighted by atomic mass is 9.86. The zero-order valence-corrected chi connectivity index (χ0v) is 23.2. The van der Waals surface area contributed by atoms with Gasteiger partial charge >= 0.3 is 5.97 Å². The lowest BCUT2D eigenvalue weighted by Crippen LogP contribution is -2.28. The molecule has 0 radical (unpaired) electrons. The lowest BCUT2D eigenvalue weighted by Gasteiger charge is -2.28. The van der Waals surface area contributed by atoms with Crippen molar-refractivity contribution in [3.05, 3.63) is 106 Å². The van der Waals surface area contributed by atoms with E-state index in [1.807, 2.05) is 64.1 Å². The minimum Gasteiger partial charge on any atom is -0.479 e. The Kier molecular flexibility index (Phi) is 7.86. The average Bonchev–Trinajstić information content (AvgIpc) is 2.86. The summed E-state index contributed by atoms with van der Waals surface area (Å²) in [5.41, 5.74) is 1.72. The molecule has 4 aromatic carbocycles. The lowest BCUT2D eigenvalue weighted by molar-refractivity contribution is -0.160. The summed E-state index contributed by atoms with van der Waals surface area (Å²) >= 11 is 6.18. The molecule has 6 heteroatoms. The van der Waals surface area contributed by atoms with E-state index in [-0.39, 0.29) is 0 Å². The van der Waals surface area contributed by atoms with Crippen LogP contribution in [-0.4, -0.2) is 21.8 Å². The predicted octanol–water partition coefficient (Wildman–Crippen LogP) is 7.81. The van der Waals surface area contributed by atoms with Crippen LogP contribution in [0.3, 0.4) is 0 Å². The van der Waals surface area contributed by atoms with Crippen LogP contribution < -0.4 is 0 Å². The van der Waals surface area contributed by atoms with Crippen molar-refractivity contribution in [2.24, 2.45) is 0 Å². The van der Waals surface area contributed by atoms with Crippen LogP contribution in [0.25, 0.3) is 21.9 Å². The quantitative estimate of drug-likeness (QED) is 0.251. The molecule has 2 atom stereocenters. The van der Waals surface area contributed by atoms with Gasteiger partial charge in [-0.3, -0.25) is 0 Å². The first-order valence-electron chi connectivity index (χ1n) is 12.5. The van der Waals surface area contributed by atoms with E-state index in [2.05, 4.69) is 11.8 Å². The molecule has 39 heavy (non-hydrogen) atoms. The number of aliphatic hydroxyl groups is 1. The van der Waals surface area contributed by atoms with Crippen molar-refractivity contribution in [2.45, 2.75) is 51.9 Å². The van der Waals surface area contributed by atoms with E-state index in [1.54, 1.807) is 19.1 Å². The molecule has 4 aromatic rings. The number of ether oxygens (including phenoxy) is 1. The minimum atomic E-state index is -1.50. The number of benzene rings is 4. The molecule has 0 aliphatic heterocycles. The highest BCUT2D eigenvalue weighted by atomic mass is 35.5. The Morgan fingerprint density at radius 1 is 0.974 bits per heavy atom. The zero-order chi connectivity index (χ0) is 28.5. The van der Waals surface area contributed by atoms with Gasteiger partial charge in [0.05, 0.1) is 5.60 Å². The molecule has 0 amide bonds. The average molecular weight is 545 g/mol. The molecule has 0 aliphatic rings. The molecule has 0 saturated carbocycles. The van der Waals surface area contributed by atoms with Crippen molar-refractivity contribution in [3.8, 4) is 23.0 Å². The second kappa shape index (κ2) is 10.8. The van der Waals surface area contributed by atoms with Gasteiger partial charge in [-0.05, 0) is 104 Å². The number of hydrogen-bond donors (Lipinski definition) is 2. The summed E-state index contributed by atoms with van der Waals surface area (Å²) < 4.78 is 19.4.